The zero-order valence-corrected chi connectivity index (χ0v) is 10.0. The Hall–Kier alpha value is -1.85. The van der Waals surface area contributed by atoms with Crippen molar-refractivity contribution in [2.75, 3.05) is 6.54 Å². The molecule has 2 heterocycles. The van der Waals surface area contributed by atoms with Crippen molar-refractivity contribution in [2.24, 2.45) is 0 Å². The van der Waals surface area contributed by atoms with Gasteiger partial charge in [0.25, 0.3) is 5.91 Å². The third-order valence-electron chi connectivity index (χ3n) is 2.77. The third-order valence-corrected chi connectivity index (χ3v) is 2.77. The van der Waals surface area contributed by atoms with Crippen LogP contribution in [0.15, 0.2) is 18.5 Å². The van der Waals surface area contributed by atoms with Gasteiger partial charge >= 0.3 is 6.03 Å². The van der Waals surface area contributed by atoms with Crippen LogP contribution in [0.1, 0.15) is 20.3 Å². The highest BCUT2D eigenvalue weighted by Gasteiger charge is 2.43. The molecular formula is C11H16N4O2. The van der Waals surface area contributed by atoms with E-state index in [1.807, 2.05) is 12.3 Å². The first kappa shape index (κ1) is 11.6. The van der Waals surface area contributed by atoms with Gasteiger partial charge in [-0.15, -0.1) is 0 Å². The van der Waals surface area contributed by atoms with Crippen LogP contribution in [0.5, 0.6) is 0 Å². The van der Waals surface area contributed by atoms with Gasteiger partial charge in [-0.05, 0) is 26.3 Å². The van der Waals surface area contributed by atoms with E-state index < -0.39 is 5.54 Å². The maximum atomic E-state index is 11.9. The van der Waals surface area contributed by atoms with Crippen molar-refractivity contribution < 1.29 is 9.59 Å². The number of nitrogens with zero attached hydrogens (tertiary/aromatic N) is 3. The second-order valence-electron chi connectivity index (χ2n) is 4.63. The fourth-order valence-corrected chi connectivity index (χ4v) is 1.84. The van der Waals surface area contributed by atoms with E-state index in [9.17, 15) is 9.59 Å². The van der Waals surface area contributed by atoms with E-state index >= 15 is 0 Å². The maximum Gasteiger partial charge on any atom is 0.325 e. The molecule has 1 saturated heterocycles. The normalized spacial score (nSPS) is 18.6. The highest BCUT2D eigenvalue weighted by Crippen LogP contribution is 2.16. The quantitative estimate of drug-likeness (QED) is 0.778. The molecule has 1 aromatic heterocycles. The second-order valence-corrected chi connectivity index (χ2v) is 4.63. The molecule has 0 aliphatic carbocycles. The first-order valence-corrected chi connectivity index (χ1v) is 5.62. The lowest BCUT2D eigenvalue weighted by Crippen LogP contribution is -2.40. The molecule has 0 radical (unpaired) electrons. The van der Waals surface area contributed by atoms with Crippen molar-refractivity contribution in [2.45, 2.75) is 32.4 Å². The monoisotopic (exact) mass is 236 g/mol. The molecule has 1 N–H and O–H groups in total. The SMILES string of the molecule is CC1(C)NC(=O)N(CCCn2cccn2)C1=O. The molecule has 1 aliphatic heterocycles. The lowest BCUT2D eigenvalue weighted by Gasteiger charge is -2.15. The fraction of sp³-hybridized carbons (Fsp3) is 0.545. The minimum Gasteiger partial charge on any atom is -0.324 e. The summed E-state index contributed by atoms with van der Waals surface area (Å²) in [6.45, 7) is 4.54. The first-order valence-electron chi connectivity index (χ1n) is 5.62. The molecule has 17 heavy (non-hydrogen) atoms. The maximum absolute atomic E-state index is 11.9. The summed E-state index contributed by atoms with van der Waals surface area (Å²) in [5.41, 5.74) is -0.775. The molecule has 6 nitrogen and oxygen atoms in total. The van der Waals surface area contributed by atoms with E-state index in [-0.39, 0.29) is 11.9 Å². The van der Waals surface area contributed by atoms with Crippen LogP contribution in [-0.4, -0.2) is 38.7 Å². The van der Waals surface area contributed by atoms with Crippen molar-refractivity contribution in [3.63, 3.8) is 0 Å². The molecule has 0 spiro atoms. The van der Waals surface area contributed by atoms with Crippen molar-refractivity contribution in [1.29, 1.82) is 0 Å². The van der Waals surface area contributed by atoms with Gasteiger partial charge in [0.05, 0.1) is 0 Å². The van der Waals surface area contributed by atoms with Gasteiger partial charge in [-0.25, -0.2) is 4.79 Å². The number of carbonyl (C=O) groups is 2. The summed E-state index contributed by atoms with van der Waals surface area (Å²) < 4.78 is 1.78. The molecule has 6 heteroatoms. The Morgan fingerprint density at radius 3 is 2.65 bits per heavy atom. The van der Waals surface area contributed by atoms with Crippen LogP contribution < -0.4 is 5.32 Å². The second kappa shape index (κ2) is 4.20. The van der Waals surface area contributed by atoms with E-state index in [4.69, 9.17) is 0 Å². The lowest BCUT2D eigenvalue weighted by atomic mass is 10.1. The van der Waals surface area contributed by atoms with Gasteiger partial charge in [-0.3, -0.25) is 14.4 Å². The number of rotatable bonds is 4. The van der Waals surface area contributed by atoms with Gasteiger partial charge in [0.1, 0.15) is 5.54 Å². The highest BCUT2D eigenvalue weighted by atomic mass is 16.2. The van der Waals surface area contributed by atoms with E-state index in [0.29, 0.717) is 19.5 Å². The number of aromatic nitrogens is 2. The molecule has 0 bridgehead atoms. The number of hydrogen-bond donors (Lipinski definition) is 1. The Morgan fingerprint density at radius 2 is 2.12 bits per heavy atom. The molecule has 3 amide bonds. The highest BCUT2D eigenvalue weighted by molar-refractivity contribution is 6.06. The zero-order chi connectivity index (χ0) is 12.5. The Balaban J connectivity index is 1.87. The van der Waals surface area contributed by atoms with E-state index in [1.165, 1.54) is 4.90 Å². The Kier molecular flexibility index (Phi) is 2.87. The molecule has 0 aromatic carbocycles. The van der Waals surface area contributed by atoms with E-state index in [1.54, 1.807) is 24.7 Å². The van der Waals surface area contributed by atoms with Crippen LogP contribution >= 0.6 is 0 Å². The summed E-state index contributed by atoms with van der Waals surface area (Å²) in [6, 6.07) is 1.54. The number of urea groups is 1. The number of aryl methyl sites for hydroxylation is 1. The molecule has 1 aliphatic rings. The standard InChI is InChI=1S/C11H16N4O2/c1-11(2)9(16)15(10(17)13-11)8-4-7-14-6-3-5-12-14/h3,5-6H,4,7-8H2,1-2H3,(H,13,17). The van der Waals surface area contributed by atoms with Gasteiger partial charge < -0.3 is 5.32 Å². The average Bonchev–Trinajstić information content (AvgIpc) is 2.80. The largest absolute Gasteiger partial charge is 0.325 e. The van der Waals surface area contributed by atoms with Crippen LogP contribution in [0.3, 0.4) is 0 Å². The minimum absolute atomic E-state index is 0.164. The smallest absolute Gasteiger partial charge is 0.324 e. The molecule has 1 fully saturated rings. The Bertz CT molecular complexity index is 425. The van der Waals surface area contributed by atoms with Gasteiger partial charge in [0.15, 0.2) is 0 Å². The number of nitrogens with one attached hydrogen (secondary N) is 1. The van der Waals surface area contributed by atoms with Crippen LogP contribution in [0.25, 0.3) is 0 Å². The molecule has 0 saturated carbocycles. The molecule has 0 unspecified atom stereocenters. The van der Waals surface area contributed by atoms with E-state index in [2.05, 4.69) is 10.4 Å². The first-order chi connectivity index (χ1) is 8.00. The van der Waals surface area contributed by atoms with Crippen LogP contribution in [0.4, 0.5) is 4.79 Å². The van der Waals surface area contributed by atoms with Gasteiger partial charge in [0, 0.05) is 25.5 Å². The number of imide groups is 1. The Morgan fingerprint density at radius 1 is 1.35 bits per heavy atom. The minimum atomic E-state index is -0.775. The molecule has 1 aromatic rings. The number of hydrogen-bond acceptors (Lipinski definition) is 3. The summed E-state index contributed by atoms with van der Waals surface area (Å²) in [4.78, 5) is 24.7. The van der Waals surface area contributed by atoms with Crippen molar-refractivity contribution in [1.82, 2.24) is 20.0 Å². The van der Waals surface area contributed by atoms with Crippen LogP contribution in [0, 0.1) is 0 Å². The van der Waals surface area contributed by atoms with E-state index in [0.717, 1.165) is 0 Å². The average molecular weight is 236 g/mol. The third kappa shape index (κ3) is 2.30. The summed E-state index contributed by atoms with van der Waals surface area (Å²) in [5, 5.41) is 6.71. The van der Waals surface area contributed by atoms with Crippen molar-refractivity contribution in [3.8, 4) is 0 Å². The molecule has 0 atom stereocenters. The van der Waals surface area contributed by atoms with Gasteiger partial charge in [0.2, 0.25) is 0 Å². The molecule has 92 valence electrons. The molecule has 2 rings (SSSR count). The Labute approximate surface area is 99.6 Å². The lowest BCUT2D eigenvalue weighted by molar-refractivity contribution is -0.130. The van der Waals surface area contributed by atoms with Crippen LogP contribution in [-0.2, 0) is 11.3 Å². The van der Waals surface area contributed by atoms with Gasteiger partial charge in [-0.2, -0.15) is 5.10 Å². The summed E-state index contributed by atoms with van der Waals surface area (Å²) in [6.07, 6.45) is 4.27. The number of amides is 3. The summed E-state index contributed by atoms with van der Waals surface area (Å²) in [5.74, 6) is -0.164. The van der Waals surface area contributed by atoms with Crippen LogP contribution in [0.2, 0.25) is 0 Å². The van der Waals surface area contributed by atoms with Crippen molar-refractivity contribution >= 4 is 11.9 Å². The summed E-state index contributed by atoms with van der Waals surface area (Å²) >= 11 is 0. The molecular weight excluding hydrogens is 220 g/mol. The topological polar surface area (TPSA) is 67.2 Å². The number of carbonyl (C=O) groups excluding carboxylic acids is 2. The zero-order valence-electron chi connectivity index (χ0n) is 10.0. The fourth-order valence-electron chi connectivity index (χ4n) is 1.84. The van der Waals surface area contributed by atoms with Crippen molar-refractivity contribution in [3.05, 3.63) is 18.5 Å². The predicted molar refractivity (Wildman–Crippen MR) is 61.2 cm³/mol. The van der Waals surface area contributed by atoms with Gasteiger partial charge in [-0.1, -0.05) is 0 Å². The predicted octanol–water partition coefficient (Wildman–Crippen LogP) is 0.604. The summed E-state index contributed by atoms with van der Waals surface area (Å²) in [7, 11) is 0.